The normalized spacial score (nSPS) is 22.9. The number of nitrogens with zero attached hydrogens (tertiary/aromatic N) is 3. The molecule has 2 unspecified atom stereocenters. The van der Waals surface area contributed by atoms with E-state index in [0.717, 1.165) is 15.6 Å². The molecule has 1 aliphatic heterocycles. The number of carbonyl (C=O) groups is 1. The SMILES string of the molecule is Cc1c(C2CC(C(=O)Nc3ccc(Cl)cc3)N(C)S(=O)(=O)N2)cnn1C. The zero-order valence-corrected chi connectivity index (χ0v) is 16.2. The van der Waals surface area contributed by atoms with Gasteiger partial charge in [0.05, 0.1) is 12.2 Å². The summed E-state index contributed by atoms with van der Waals surface area (Å²) in [4.78, 5) is 12.7. The van der Waals surface area contributed by atoms with Crippen LogP contribution in [-0.4, -0.2) is 41.5 Å². The number of halogens is 1. The van der Waals surface area contributed by atoms with Gasteiger partial charge in [0.15, 0.2) is 0 Å². The molecule has 0 saturated carbocycles. The highest BCUT2D eigenvalue weighted by atomic mass is 35.5. The van der Waals surface area contributed by atoms with E-state index in [1.165, 1.54) is 7.05 Å². The van der Waals surface area contributed by atoms with Gasteiger partial charge in [-0.2, -0.15) is 22.5 Å². The third kappa shape index (κ3) is 3.61. The molecule has 2 atom stereocenters. The lowest BCUT2D eigenvalue weighted by molar-refractivity contribution is -0.120. The highest BCUT2D eigenvalue weighted by Gasteiger charge is 2.41. The topological polar surface area (TPSA) is 96.3 Å². The third-order valence-electron chi connectivity index (χ3n) is 4.63. The van der Waals surface area contributed by atoms with Gasteiger partial charge in [0.25, 0.3) is 10.2 Å². The van der Waals surface area contributed by atoms with Gasteiger partial charge in [-0.15, -0.1) is 0 Å². The van der Waals surface area contributed by atoms with Crippen LogP contribution < -0.4 is 10.0 Å². The molecule has 0 bridgehead atoms. The first-order chi connectivity index (χ1) is 12.2. The summed E-state index contributed by atoms with van der Waals surface area (Å²) < 4.78 is 30.3. The number of amides is 1. The van der Waals surface area contributed by atoms with Crippen LogP contribution in [-0.2, 0) is 22.1 Å². The Morgan fingerprint density at radius 3 is 2.54 bits per heavy atom. The minimum Gasteiger partial charge on any atom is -0.325 e. The van der Waals surface area contributed by atoms with Crippen molar-refractivity contribution < 1.29 is 13.2 Å². The summed E-state index contributed by atoms with van der Waals surface area (Å²) in [5.74, 6) is -0.397. The van der Waals surface area contributed by atoms with E-state index in [0.29, 0.717) is 17.1 Å². The molecule has 26 heavy (non-hydrogen) atoms. The predicted octanol–water partition coefficient (Wildman–Crippen LogP) is 1.60. The Morgan fingerprint density at radius 1 is 1.31 bits per heavy atom. The van der Waals surface area contributed by atoms with Gasteiger partial charge < -0.3 is 5.32 Å². The fourth-order valence-corrected chi connectivity index (χ4v) is 4.32. The Morgan fingerprint density at radius 2 is 1.96 bits per heavy atom. The van der Waals surface area contributed by atoms with E-state index in [4.69, 9.17) is 11.6 Å². The van der Waals surface area contributed by atoms with Gasteiger partial charge in [0.1, 0.15) is 6.04 Å². The number of hydrogen-bond donors (Lipinski definition) is 2. The molecule has 2 heterocycles. The molecule has 3 rings (SSSR count). The lowest BCUT2D eigenvalue weighted by Crippen LogP contribution is -2.56. The van der Waals surface area contributed by atoms with Crippen LogP contribution in [0, 0.1) is 6.92 Å². The zero-order valence-electron chi connectivity index (χ0n) is 14.6. The lowest BCUT2D eigenvalue weighted by Gasteiger charge is -2.36. The molecule has 0 radical (unpaired) electrons. The van der Waals surface area contributed by atoms with Crippen molar-refractivity contribution in [2.24, 2.45) is 7.05 Å². The summed E-state index contributed by atoms with van der Waals surface area (Å²) in [7, 11) is -0.621. The second-order valence-corrected chi connectivity index (χ2v) is 8.45. The van der Waals surface area contributed by atoms with E-state index >= 15 is 0 Å². The van der Waals surface area contributed by atoms with E-state index < -0.39 is 28.2 Å². The first-order valence-electron chi connectivity index (χ1n) is 7.99. The van der Waals surface area contributed by atoms with Gasteiger partial charge in [-0.1, -0.05) is 11.6 Å². The Hall–Kier alpha value is -1.94. The quantitative estimate of drug-likeness (QED) is 0.822. The van der Waals surface area contributed by atoms with Crippen molar-refractivity contribution in [3.63, 3.8) is 0 Å². The molecule has 1 saturated heterocycles. The highest BCUT2D eigenvalue weighted by molar-refractivity contribution is 7.87. The van der Waals surface area contributed by atoms with E-state index in [1.54, 1.807) is 42.2 Å². The van der Waals surface area contributed by atoms with Crippen molar-refractivity contribution >= 4 is 33.4 Å². The first kappa shape index (κ1) is 18.8. The summed E-state index contributed by atoms with van der Waals surface area (Å²) in [5.41, 5.74) is 2.16. The summed E-state index contributed by atoms with van der Waals surface area (Å²) in [5, 5.41) is 7.46. The number of benzene rings is 1. The standard InChI is InChI=1S/C16H20ClN5O3S/c1-10-13(9-18-21(10)2)14-8-15(22(3)26(24,25)20-14)16(23)19-12-6-4-11(17)5-7-12/h4-7,9,14-15,20H,8H2,1-3H3,(H,19,23). The van der Waals surface area contributed by atoms with Crippen LogP contribution in [0.1, 0.15) is 23.7 Å². The van der Waals surface area contributed by atoms with Crippen LogP contribution in [0.2, 0.25) is 5.02 Å². The number of aryl methyl sites for hydroxylation is 1. The van der Waals surface area contributed by atoms with Crippen LogP contribution in [0.4, 0.5) is 5.69 Å². The molecule has 0 aliphatic carbocycles. The van der Waals surface area contributed by atoms with Crippen LogP contribution in [0.3, 0.4) is 0 Å². The lowest BCUT2D eigenvalue weighted by atomic mass is 10.00. The van der Waals surface area contributed by atoms with E-state index in [1.807, 2.05) is 6.92 Å². The molecule has 1 fully saturated rings. The zero-order chi connectivity index (χ0) is 19.1. The number of likely N-dealkylation sites (N-methyl/N-ethyl adjacent to an activating group) is 1. The van der Waals surface area contributed by atoms with Crippen LogP contribution in [0.25, 0.3) is 0 Å². The Bertz CT molecular complexity index is 926. The minimum atomic E-state index is -3.80. The molecular formula is C16H20ClN5O3S. The monoisotopic (exact) mass is 397 g/mol. The van der Waals surface area contributed by atoms with E-state index in [2.05, 4.69) is 15.1 Å². The third-order valence-corrected chi connectivity index (χ3v) is 6.48. The molecule has 10 heteroatoms. The van der Waals surface area contributed by atoms with Crippen LogP contribution >= 0.6 is 11.6 Å². The van der Waals surface area contributed by atoms with E-state index in [9.17, 15) is 13.2 Å². The molecule has 8 nitrogen and oxygen atoms in total. The molecule has 1 amide bonds. The fraction of sp³-hybridized carbons (Fsp3) is 0.375. The van der Waals surface area contributed by atoms with Gasteiger partial charge in [0, 0.05) is 36.1 Å². The molecule has 2 aromatic rings. The van der Waals surface area contributed by atoms with E-state index in [-0.39, 0.29) is 0 Å². The summed E-state index contributed by atoms with van der Waals surface area (Å²) >= 11 is 5.84. The maximum absolute atomic E-state index is 12.7. The van der Waals surface area contributed by atoms with Gasteiger partial charge in [0.2, 0.25) is 5.91 Å². The molecular weight excluding hydrogens is 378 g/mol. The van der Waals surface area contributed by atoms with Gasteiger partial charge >= 0.3 is 0 Å². The second-order valence-electron chi connectivity index (χ2n) is 6.25. The molecule has 140 valence electrons. The fourth-order valence-electron chi connectivity index (χ4n) is 2.93. The summed E-state index contributed by atoms with van der Waals surface area (Å²) in [6, 6.07) is 5.27. The first-order valence-corrected chi connectivity index (χ1v) is 9.81. The smallest absolute Gasteiger partial charge is 0.280 e. The Balaban J connectivity index is 1.85. The molecule has 1 aromatic heterocycles. The number of rotatable bonds is 3. The second kappa shape index (κ2) is 6.99. The number of carbonyl (C=O) groups excluding carboxylic acids is 1. The molecule has 1 aliphatic rings. The van der Waals surface area contributed by atoms with Crippen molar-refractivity contribution in [2.75, 3.05) is 12.4 Å². The largest absolute Gasteiger partial charge is 0.325 e. The maximum Gasteiger partial charge on any atom is 0.280 e. The highest BCUT2D eigenvalue weighted by Crippen LogP contribution is 2.30. The predicted molar refractivity (Wildman–Crippen MR) is 99.0 cm³/mol. The van der Waals surface area contributed by atoms with Crippen molar-refractivity contribution in [1.82, 2.24) is 18.8 Å². The van der Waals surface area contributed by atoms with Crippen molar-refractivity contribution in [3.8, 4) is 0 Å². The van der Waals surface area contributed by atoms with Gasteiger partial charge in [-0.3, -0.25) is 9.48 Å². The Labute approximate surface area is 157 Å². The van der Waals surface area contributed by atoms with Crippen molar-refractivity contribution in [1.29, 1.82) is 0 Å². The van der Waals surface area contributed by atoms with Crippen molar-refractivity contribution in [3.05, 3.63) is 46.7 Å². The average molecular weight is 398 g/mol. The number of anilines is 1. The van der Waals surface area contributed by atoms with Crippen molar-refractivity contribution in [2.45, 2.75) is 25.4 Å². The molecule has 0 spiro atoms. The van der Waals surface area contributed by atoms with Gasteiger partial charge in [-0.25, -0.2) is 0 Å². The maximum atomic E-state index is 12.7. The Kier molecular flexibility index (Phi) is 5.07. The molecule has 2 N–H and O–H groups in total. The summed E-state index contributed by atoms with van der Waals surface area (Å²) in [6.07, 6.45) is 1.92. The van der Waals surface area contributed by atoms with Crippen LogP contribution in [0.5, 0.6) is 0 Å². The van der Waals surface area contributed by atoms with Gasteiger partial charge in [-0.05, 0) is 37.6 Å². The summed E-state index contributed by atoms with van der Waals surface area (Å²) in [6.45, 7) is 1.86. The number of aromatic nitrogens is 2. The molecule has 1 aromatic carbocycles. The van der Waals surface area contributed by atoms with Crippen LogP contribution in [0.15, 0.2) is 30.5 Å². The number of nitrogens with one attached hydrogen (secondary N) is 2. The number of hydrogen-bond acceptors (Lipinski definition) is 4. The minimum absolute atomic E-state index is 0.293. The average Bonchev–Trinajstić information content (AvgIpc) is 2.91.